The largest absolute Gasteiger partial charge is 0.455 e. The monoisotopic (exact) mass is 465 g/mol. The van der Waals surface area contributed by atoms with E-state index in [-0.39, 0.29) is 11.0 Å². The molecule has 0 amide bonds. The highest BCUT2D eigenvalue weighted by molar-refractivity contribution is 5.90. The van der Waals surface area contributed by atoms with Crippen molar-refractivity contribution in [2.45, 2.75) is 24.8 Å². The highest BCUT2D eigenvalue weighted by Crippen LogP contribution is 2.40. The van der Waals surface area contributed by atoms with Crippen LogP contribution in [0.3, 0.4) is 0 Å². The van der Waals surface area contributed by atoms with E-state index in [1.54, 1.807) is 0 Å². The van der Waals surface area contributed by atoms with Gasteiger partial charge in [-0.25, -0.2) is 0 Å². The van der Waals surface area contributed by atoms with E-state index in [0.29, 0.717) is 22.3 Å². The zero-order valence-electron chi connectivity index (χ0n) is 20.2. The Balaban J connectivity index is 1.50. The Morgan fingerprint density at radius 1 is 0.857 bits per heavy atom. The number of fused-ring (bicyclic) bond motifs is 1. The van der Waals surface area contributed by atoms with Crippen LogP contribution in [-0.2, 0) is 5.54 Å². The van der Waals surface area contributed by atoms with Crippen LogP contribution in [0.5, 0.6) is 0 Å². The molecule has 5 nitrogen and oxygen atoms in total. The molecule has 0 atom stereocenters. The molecule has 5 heteroatoms. The predicted molar refractivity (Wildman–Crippen MR) is 143 cm³/mol. The fourth-order valence-corrected chi connectivity index (χ4v) is 5.31. The van der Waals surface area contributed by atoms with E-state index >= 15 is 0 Å². The average molecular weight is 466 g/mol. The van der Waals surface area contributed by atoms with Gasteiger partial charge in [0, 0.05) is 43.0 Å². The summed E-state index contributed by atoms with van der Waals surface area (Å²) < 4.78 is 6.45. The number of anilines is 1. The number of nitrogens with two attached hydrogens (primary N) is 1. The predicted octanol–water partition coefficient (Wildman–Crippen LogP) is 5.22. The van der Waals surface area contributed by atoms with Crippen LogP contribution in [0.4, 0.5) is 5.69 Å². The molecule has 4 aromatic rings. The summed E-state index contributed by atoms with van der Waals surface area (Å²) >= 11 is 0. The van der Waals surface area contributed by atoms with Crippen LogP contribution in [0.2, 0.25) is 0 Å². The number of hydrogen-bond donors (Lipinski definition) is 1. The Bertz CT molecular complexity index is 1410. The van der Waals surface area contributed by atoms with E-state index in [1.165, 1.54) is 6.42 Å². The summed E-state index contributed by atoms with van der Waals surface area (Å²) in [4.78, 5) is 18.7. The van der Waals surface area contributed by atoms with Crippen LogP contribution in [-0.4, -0.2) is 38.1 Å². The van der Waals surface area contributed by atoms with Crippen LogP contribution >= 0.6 is 0 Å². The molecule has 1 saturated heterocycles. The van der Waals surface area contributed by atoms with Gasteiger partial charge in [0.15, 0.2) is 0 Å². The molecule has 2 heterocycles. The molecule has 0 radical (unpaired) electrons. The summed E-state index contributed by atoms with van der Waals surface area (Å²) in [5, 5.41) is 0.620. The van der Waals surface area contributed by atoms with Crippen LogP contribution < -0.4 is 16.1 Å². The van der Waals surface area contributed by atoms with Crippen molar-refractivity contribution in [2.24, 2.45) is 5.73 Å². The molecular formula is C30H31N3O2. The molecule has 0 spiro atoms. The normalized spacial score (nSPS) is 17.9. The Hall–Kier alpha value is -3.41. The lowest BCUT2D eigenvalue weighted by molar-refractivity contribution is 0.253. The van der Waals surface area contributed by atoms with Gasteiger partial charge in [-0.3, -0.25) is 4.79 Å². The van der Waals surface area contributed by atoms with Crippen LogP contribution in [0.25, 0.3) is 33.4 Å². The van der Waals surface area contributed by atoms with Gasteiger partial charge in [-0.15, -0.1) is 0 Å². The SMILES string of the molecule is CN1CCN(c2ccc3oc(-c4ccccc4)c(-c4ccc(C5(N)CCC5)cc4)c(=O)c3c2)CC1. The minimum atomic E-state index is -0.230. The molecule has 2 aliphatic rings. The topological polar surface area (TPSA) is 62.7 Å². The summed E-state index contributed by atoms with van der Waals surface area (Å²) in [5.41, 5.74) is 11.5. The molecule has 2 fully saturated rings. The lowest BCUT2D eigenvalue weighted by atomic mass is 9.72. The summed E-state index contributed by atoms with van der Waals surface area (Å²) in [7, 11) is 2.15. The summed E-state index contributed by atoms with van der Waals surface area (Å²) in [5.74, 6) is 0.606. The van der Waals surface area contributed by atoms with Crippen LogP contribution in [0.15, 0.2) is 82.0 Å². The maximum atomic E-state index is 14.0. The zero-order valence-corrected chi connectivity index (χ0v) is 20.2. The van der Waals surface area contributed by atoms with E-state index < -0.39 is 0 Å². The summed E-state index contributed by atoms with van der Waals surface area (Å²) in [6, 6.07) is 24.1. The molecule has 1 aliphatic heterocycles. The molecule has 0 bridgehead atoms. The molecular weight excluding hydrogens is 434 g/mol. The fraction of sp³-hybridized carbons (Fsp3) is 0.300. The van der Waals surface area contributed by atoms with Crippen molar-refractivity contribution in [3.63, 3.8) is 0 Å². The number of hydrogen-bond acceptors (Lipinski definition) is 5. The fourth-order valence-electron chi connectivity index (χ4n) is 5.31. The lowest BCUT2D eigenvalue weighted by Crippen LogP contribution is -2.44. The van der Waals surface area contributed by atoms with Gasteiger partial charge in [-0.2, -0.15) is 0 Å². The number of nitrogens with zero attached hydrogens (tertiary/aromatic N) is 2. The second-order valence-corrected chi connectivity index (χ2v) is 10.1. The number of piperazine rings is 1. The molecule has 1 aliphatic carbocycles. The van der Waals surface area contributed by atoms with Crippen molar-refractivity contribution in [1.29, 1.82) is 0 Å². The Kier molecular flexibility index (Phi) is 5.47. The first-order valence-corrected chi connectivity index (χ1v) is 12.5. The molecule has 2 N–H and O–H groups in total. The number of likely N-dealkylation sites (N-methyl/N-ethyl adjacent to an activating group) is 1. The van der Waals surface area contributed by atoms with Gasteiger partial charge >= 0.3 is 0 Å². The van der Waals surface area contributed by atoms with Gasteiger partial charge in [-0.05, 0) is 55.6 Å². The average Bonchev–Trinajstić information content (AvgIpc) is 2.88. The van der Waals surface area contributed by atoms with Crippen molar-refractivity contribution in [1.82, 2.24) is 4.90 Å². The molecule has 178 valence electrons. The van der Waals surface area contributed by atoms with Gasteiger partial charge in [0.05, 0.1) is 10.9 Å². The summed E-state index contributed by atoms with van der Waals surface area (Å²) in [6.07, 6.45) is 3.18. The zero-order chi connectivity index (χ0) is 24.0. The molecule has 3 aromatic carbocycles. The third-order valence-corrected chi connectivity index (χ3v) is 7.77. The Morgan fingerprint density at radius 3 is 2.23 bits per heavy atom. The van der Waals surface area contributed by atoms with E-state index in [9.17, 15) is 4.79 Å². The number of benzene rings is 3. The molecule has 35 heavy (non-hydrogen) atoms. The summed E-state index contributed by atoms with van der Waals surface area (Å²) in [6.45, 7) is 3.93. The maximum absolute atomic E-state index is 14.0. The second-order valence-electron chi connectivity index (χ2n) is 10.1. The first-order chi connectivity index (χ1) is 17.0. The number of rotatable bonds is 4. The Morgan fingerprint density at radius 2 is 1.57 bits per heavy atom. The van der Waals surface area contributed by atoms with Gasteiger partial charge in [0.25, 0.3) is 0 Å². The quantitative estimate of drug-likeness (QED) is 0.448. The van der Waals surface area contributed by atoms with E-state index in [4.69, 9.17) is 10.2 Å². The van der Waals surface area contributed by atoms with Gasteiger partial charge in [-0.1, -0.05) is 54.6 Å². The van der Waals surface area contributed by atoms with Crippen LogP contribution in [0.1, 0.15) is 24.8 Å². The van der Waals surface area contributed by atoms with Crippen LogP contribution in [0, 0.1) is 0 Å². The van der Waals surface area contributed by atoms with E-state index in [2.05, 4.69) is 35.0 Å². The maximum Gasteiger partial charge on any atom is 0.201 e. The molecule has 1 saturated carbocycles. The smallest absolute Gasteiger partial charge is 0.201 e. The highest BCUT2D eigenvalue weighted by Gasteiger charge is 2.34. The van der Waals surface area contributed by atoms with E-state index in [1.807, 2.05) is 54.6 Å². The third kappa shape index (κ3) is 3.95. The standard InChI is InChI=1S/C30H31N3O2/c1-32-16-18-33(19-17-32)24-12-13-26-25(20-24)28(34)27(29(35-26)22-6-3-2-4-7-22)21-8-10-23(11-9-21)30(31)14-5-15-30/h2-4,6-13,20H,5,14-19,31H2,1H3. The Labute approximate surface area is 205 Å². The van der Waals surface area contributed by atoms with Crippen molar-refractivity contribution >= 4 is 16.7 Å². The van der Waals surface area contributed by atoms with Gasteiger partial charge < -0.3 is 20.0 Å². The van der Waals surface area contributed by atoms with Crippen molar-refractivity contribution in [3.8, 4) is 22.5 Å². The lowest BCUT2D eigenvalue weighted by Gasteiger charge is -2.38. The third-order valence-electron chi connectivity index (χ3n) is 7.77. The van der Waals surface area contributed by atoms with Gasteiger partial charge in [0.1, 0.15) is 11.3 Å². The first kappa shape index (κ1) is 22.1. The highest BCUT2D eigenvalue weighted by atomic mass is 16.3. The van der Waals surface area contributed by atoms with Crippen molar-refractivity contribution in [3.05, 3.63) is 88.6 Å². The molecule has 1 aromatic heterocycles. The van der Waals surface area contributed by atoms with Crippen molar-refractivity contribution in [2.75, 3.05) is 38.1 Å². The molecule has 6 rings (SSSR count). The van der Waals surface area contributed by atoms with E-state index in [0.717, 1.165) is 61.4 Å². The molecule has 0 unspecified atom stereocenters. The van der Waals surface area contributed by atoms with Crippen molar-refractivity contribution < 1.29 is 4.42 Å². The minimum Gasteiger partial charge on any atom is -0.455 e. The first-order valence-electron chi connectivity index (χ1n) is 12.5. The second kappa shape index (κ2) is 8.67. The van der Waals surface area contributed by atoms with Gasteiger partial charge in [0.2, 0.25) is 5.43 Å². The minimum absolute atomic E-state index is 0.0000588.